The fraction of sp³-hybridized carbons (Fsp3) is 0.300. The van der Waals surface area contributed by atoms with Crippen LogP contribution in [0.4, 0.5) is 5.69 Å². The van der Waals surface area contributed by atoms with Gasteiger partial charge in [0.25, 0.3) is 5.69 Å². The summed E-state index contributed by atoms with van der Waals surface area (Å²) < 4.78 is 0. The average Bonchev–Trinajstić information content (AvgIpc) is 2.64. The number of nitrogens with zero attached hydrogens (tertiary/aromatic N) is 2. The van der Waals surface area contributed by atoms with Gasteiger partial charge >= 0.3 is 0 Å². The summed E-state index contributed by atoms with van der Waals surface area (Å²) in [5.74, 6) is -0.525. The maximum absolute atomic E-state index is 13.0. The predicted molar refractivity (Wildman–Crippen MR) is 100 cm³/mol. The van der Waals surface area contributed by atoms with Crippen molar-refractivity contribution in [3.8, 4) is 0 Å². The molecule has 2 atom stereocenters. The van der Waals surface area contributed by atoms with Gasteiger partial charge in [-0.3, -0.25) is 19.7 Å². The lowest BCUT2D eigenvalue weighted by atomic mass is 9.87. The first kappa shape index (κ1) is 18.6. The molecule has 2 amide bonds. The van der Waals surface area contributed by atoms with Crippen molar-refractivity contribution < 1.29 is 14.5 Å². The molecule has 0 saturated carbocycles. The van der Waals surface area contributed by atoms with E-state index in [-0.39, 0.29) is 23.9 Å². The molecule has 1 aliphatic heterocycles. The van der Waals surface area contributed by atoms with Crippen LogP contribution < -0.4 is 5.32 Å². The van der Waals surface area contributed by atoms with Crippen LogP contribution in [0, 0.1) is 10.1 Å². The van der Waals surface area contributed by atoms with Gasteiger partial charge in [0.2, 0.25) is 11.8 Å². The summed E-state index contributed by atoms with van der Waals surface area (Å²) in [7, 11) is 1.57. The fourth-order valence-electron chi connectivity index (χ4n) is 3.54. The topological polar surface area (TPSA) is 92.6 Å². The van der Waals surface area contributed by atoms with Crippen LogP contribution in [0.5, 0.6) is 0 Å². The molecule has 2 unspecified atom stereocenters. The molecule has 0 radical (unpaired) electrons. The van der Waals surface area contributed by atoms with Gasteiger partial charge in [-0.25, -0.2) is 0 Å². The van der Waals surface area contributed by atoms with Crippen LogP contribution in [0.1, 0.15) is 18.1 Å². The van der Waals surface area contributed by atoms with E-state index in [9.17, 15) is 19.7 Å². The second-order valence-corrected chi connectivity index (χ2v) is 7.01. The maximum atomic E-state index is 13.0. The Hall–Kier alpha value is -3.22. The Morgan fingerprint density at radius 2 is 1.74 bits per heavy atom. The van der Waals surface area contributed by atoms with Gasteiger partial charge in [0.1, 0.15) is 11.6 Å². The number of hydrogen-bond acceptors (Lipinski definition) is 4. The number of piperazine rings is 1. The molecule has 0 aromatic heterocycles. The summed E-state index contributed by atoms with van der Waals surface area (Å²) in [5.41, 5.74) is 0.267. The first-order valence-corrected chi connectivity index (χ1v) is 8.67. The van der Waals surface area contributed by atoms with Crippen LogP contribution in [0.15, 0.2) is 54.6 Å². The molecule has 1 aliphatic rings. The number of nitro benzene ring substituents is 1. The molecule has 1 heterocycles. The lowest BCUT2D eigenvalue weighted by Gasteiger charge is -2.43. The molecule has 3 rings (SSSR count). The fourth-order valence-corrected chi connectivity index (χ4v) is 3.54. The van der Waals surface area contributed by atoms with Gasteiger partial charge in [-0.2, -0.15) is 0 Å². The molecule has 27 heavy (non-hydrogen) atoms. The second-order valence-electron chi connectivity index (χ2n) is 7.01. The molecular weight excluding hydrogens is 346 g/mol. The van der Waals surface area contributed by atoms with E-state index >= 15 is 0 Å². The van der Waals surface area contributed by atoms with E-state index < -0.39 is 16.5 Å². The van der Waals surface area contributed by atoms with E-state index in [4.69, 9.17) is 0 Å². The third kappa shape index (κ3) is 3.67. The van der Waals surface area contributed by atoms with Crippen molar-refractivity contribution in [1.29, 1.82) is 0 Å². The van der Waals surface area contributed by atoms with Gasteiger partial charge in [-0.1, -0.05) is 48.5 Å². The van der Waals surface area contributed by atoms with Gasteiger partial charge in [0.15, 0.2) is 0 Å². The molecule has 0 spiro atoms. The molecule has 1 N–H and O–H groups in total. The van der Waals surface area contributed by atoms with Crippen LogP contribution in [-0.4, -0.2) is 40.3 Å². The van der Waals surface area contributed by atoms with Crippen molar-refractivity contribution in [3.05, 3.63) is 75.8 Å². The number of hydrogen-bond donors (Lipinski definition) is 1. The zero-order chi connectivity index (χ0) is 19.6. The summed E-state index contributed by atoms with van der Waals surface area (Å²) in [6.45, 7) is 1.71. The zero-order valence-electron chi connectivity index (χ0n) is 15.2. The summed E-state index contributed by atoms with van der Waals surface area (Å²) in [6.07, 6.45) is 0.466. The highest BCUT2D eigenvalue weighted by molar-refractivity contribution is 5.99. The lowest BCUT2D eigenvalue weighted by Crippen LogP contribution is -2.69. The maximum Gasteiger partial charge on any atom is 0.272 e. The Morgan fingerprint density at radius 1 is 1.11 bits per heavy atom. The molecule has 0 aliphatic carbocycles. The van der Waals surface area contributed by atoms with E-state index in [2.05, 4.69) is 5.32 Å². The number of likely N-dealkylation sites (N-methyl/N-ethyl adjacent to an activating group) is 1. The summed E-state index contributed by atoms with van der Waals surface area (Å²) in [6, 6.07) is 15.0. The Bertz CT molecular complexity index is 884. The molecule has 140 valence electrons. The van der Waals surface area contributed by atoms with Gasteiger partial charge in [-0.05, 0) is 12.5 Å². The van der Waals surface area contributed by atoms with Gasteiger partial charge in [0.05, 0.1) is 4.92 Å². The normalized spacial score (nSPS) is 22.4. The monoisotopic (exact) mass is 367 g/mol. The largest absolute Gasteiger partial charge is 0.340 e. The minimum Gasteiger partial charge on any atom is -0.340 e. The molecule has 2 aromatic rings. The van der Waals surface area contributed by atoms with E-state index in [1.54, 1.807) is 32.2 Å². The van der Waals surface area contributed by atoms with E-state index in [0.29, 0.717) is 12.0 Å². The highest BCUT2D eigenvalue weighted by Gasteiger charge is 2.46. The standard InChI is InChI=1S/C20H21N3O4/c1-20(13-14-8-4-3-5-9-14)19(25)22(2)17(18(24)21-20)12-15-10-6-7-11-16(15)23(26)27/h3-11,17H,12-13H2,1-2H3,(H,21,24). The second kappa shape index (κ2) is 7.19. The molecular formula is C20H21N3O4. The molecule has 7 nitrogen and oxygen atoms in total. The summed E-state index contributed by atoms with van der Waals surface area (Å²) in [5, 5.41) is 14.1. The van der Waals surface area contributed by atoms with Crippen molar-refractivity contribution in [3.63, 3.8) is 0 Å². The summed E-state index contributed by atoms with van der Waals surface area (Å²) in [4.78, 5) is 37.9. The van der Waals surface area contributed by atoms with E-state index in [1.807, 2.05) is 30.3 Å². The first-order chi connectivity index (χ1) is 12.8. The number of carbonyl (C=O) groups is 2. The van der Waals surface area contributed by atoms with Gasteiger partial charge < -0.3 is 10.2 Å². The Balaban J connectivity index is 1.83. The molecule has 2 aromatic carbocycles. The highest BCUT2D eigenvalue weighted by Crippen LogP contribution is 2.26. The summed E-state index contributed by atoms with van der Waals surface area (Å²) >= 11 is 0. The third-order valence-electron chi connectivity index (χ3n) is 4.96. The lowest BCUT2D eigenvalue weighted by molar-refractivity contribution is -0.385. The third-order valence-corrected chi connectivity index (χ3v) is 4.96. The minimum atomic E-state index is -1.05. The van der Waals surface area contributed by atoms with Crippen molar-refractivity contribution in [2.24, 2.45) is 0 Å². The number of para-hydroxylation sites is 1. The first-order valence-electron chi connectivity index (χ1n) is 8.67. The van der Waals surface area contributed by atoms with Gasteiger partial charge in [0, 0.05) is 31.5 Å². The predicted octanol–water partition coefficient (Wildman–Crippen LogP) is 2.10. The van der Waals surface area contributed by atoms with Crippen LogP contribution >= 0.6 is 0 Å². The average molecular weight is 367 g/mol. The molecule has 1 fully saturated rings. The number of nitrogens with one attached hydrogen (secondary N) is 1. The number of benzene rings is 2. The van der Waals surface area contributed by atoms with Crippen molar-refractivity contribution in [2.75, 3.05) is 7.05 Å². The number of carbonyl (C=O) groups excluding carboxylic acids is 2. The molecule has 0 bridgehead atoms. The van der Waals surface area contributed by atoms with Crippen molar-refractivity contribution in [2.45, 2.75) is 31.3 Å². The van der Waals surface area contributed by atoms with Crippen LogP contribution in [0.25, 0.3) is 0 Å². The number of nitro groups is 1. The Morgan fingerprint density at radius 3 is 2.41 bits per heavy atom. The molecule has 1 saturated heterocycles. The van der Waals surface area contributed by atoms with Crippen molar-refractivity contribution >= 4 is 17.5 Å². The Kier molecular flexibility index (Phi) is 4.94. The van der Waals surface area contributed by atoms with Crippen LogP contribution in [0.3, 0.4) is 0 Å². The van der Waals surface area contributed by atoms with Gasteiger partial charge in [-0.15, -0.1) is 0 Å². The smallest absolute Gasteiger partial charge is 0.272 e. The van der Waals surface area contributed by atoms with E-state index in [0.717, 1.165) is 5.56 Å². The number of amides is 2. The molecule has 7 heteroatoms. The van der Waals surface area contributed by atoms with E-state index in [1.165, 1.54) is 11.0 Å². The zero-order valence-corrected chi connectivity index (χ0v) is 15.2. The minimum absolute atomic E-state index is 0.0521. The highest BCUT2D eigenvalue weighted by atomic mass is 16.6. The Labute approximate surface area is 157 Å². The van der Waals surface area contributed by atoms with Crippen LogP contribution in [-0.2, 0) is 22.4 Å². The van der Waals surface area contributed by atoms with Crippen LogP contribution in [0.2, 0.25) is 0 Å². The SMILES string of the molecule is CN1C(=O)C(C)(Cc2ccccc2)NC(=O)C1Cc1ccccc1[N+](=O)[O-]. The van der Waals surface area contributed by atoms with Crippen molar-refractivity contribution in [1.82, 2.24) is 10.2 Å². The quantitative estimate of drug-likeness (QED) is 0.647. The number of rotatable bonds is 5.